The van der Waals surface area contributed by atoms with Crippen molar-refractivity contribution in [2.75, 3.05) is 5.32 Å². The van der Waals surface area contributed by atoms with Gasteiger partial charge in [-0.1, -0.05) is 12.1 Å². The molecule has 9 nitrogen and oxygen atoms in total. The minimum absolute atomic E-state index is 0.0252. The highest BCUT2D eigenvalue weighted by molar-refractivity contribution is 5.91. The number of aromatic nitrogens is 4. The first-order valence-corrected chi connectivity index (χ1v) is 9.64. The summed E-state index contributed by atoms with van der Waals surface area (Å²) in [5.41, 5.74) is 1.52. The van der Waals surface area contributed by atoms with Crippen molar-refractivity contribution < 1.29 is 22.9 Å². The number of aryl methyl sites for hydroxylation is 2. The molecule has 0 fully saturated rings. The van der Waals surface area contributed by atoms with Crippen molar-refractivity contribution in [2.45, 2.75) is 46.5 Å². The van der Waals surface area contributed by atoms with Gasteiger partial charge in [0.1, 0.15) is 11.9 Å². The SMILES string of the molecule is Cc1nn(Cc2cccc(C(F)(F)F)c2)c(C)c1NC(=O)CCn1ncc([N+](=O)[O-])c1C. The molecule has 0 bridgehead atoms. The van der Waals surface area contributed by atoms with E-state index in [4.69, 9.17) is 0 Å². The molecule has 12 heteroatoms. The van der Waals surface area contributed by atoms with Crippen molar-refractivity contribution in [3.8, 4) is 0 Å². The van der Waals surface area contributed by atoms with Crippen LogP contribution in [0.15, 0.2) is 30.5 Å². The first kappa shape index (κ1) is 23.0. The van der Waals surface area contributed by atoms with E-state index in [1.807, 2.05) is 0 Å². The Morgan fingerprint density at radius 2 is 1.91 bits per heavy atom. The second-order valence-corrected chi connectivity index (χ2v) is 7.30. The summed E-state index contributed by atoms with van der Waals surface area (Å²) in [6.45, 7) is 5.22. The molecule has 0 aliphatic rings. The highest BCUT2D eigenvalue weighted by Crippen LogP contribution is 2.30. The van der Waals surface area contributed by atoms with Crippen LogP contribution in [-0.4, -0.2) is 30.4 Å². The number of hydrogen-bond acceptors (Lipinski definition) is 5. The lowest BCUT2D eigenvalue weighted by atomic mass is 10.1. The van der Waals surface area contributed by atoms with Crippen LogP contribution >= 0.6 is 0 Å². The van der Waals surface area contributed by atoms with Crippen molar-refractivity contribution >= 4 is 17.3 Å². The van der Waals surface area contributed by atoms with Gasteiger partial charge in [-0.2, -0.15) is 23.4 Å². The second-order valence-electron chi connectivity index (χ2n) is 7.30. The van der Waals surface area contributed by atoms with E-state index in [1.165, 1.54) is 15.4 Å². The average Bonchev–Trinajstić information content (AvgIpc) is 3.20. The molecule has 2 heterocycles. The number of nitrogens with one attached hydrogen (secondary N) is 1. The Balaban J connectivity index is 1.68. The molecule has 0 unspecified atom stereocenters. The van der Waals surface area contributed by atoms with Crippen LogP contribution in [-0.2, 0) is 24.1 Å². The lowest BCUT2D eigenvalue weighted by Crippen LogP contribution is -2.16. The number of nitrogens with zero attached hydrogens (tertiary/aromatic N) is 5. The number of rotatable bonds is 7. The number of hydrogen-bond donors (Lipinski definition) is 1. The zero-order chi connectivity index (χ0) is 23.6. The molecule has 1 N–H and O–H groups in total. The Morgan fingerprint density at radius 1 is 1.19 bits per heavy atom. The van der Waals surface area contributed by atoms with Gasteiger partial charge in [-0.05, 0) is 38.5 Å². The third kappa shape index (κ3) is 4.95. The van der Waals surface area contributed by atoms with Crippen LogP contribution in [0.2, 0.25) is 0 Å². The summed E-state index contributed by atoms with van der Waals surface area (Å²) in [5, 5.41) is 21.9. The maximum absolute atomic E-state index is 12.9. The van der Waals surface area contributed by atoms with Crippen molar-refractivity contribution in [3.05, 3.63) is 68.8 Å². The highest BCUT2D eigenvalue weighted by atomic mass is 19.4. The number of amides is 1. The number of anilines is 1. The predicted molar refractivity (Wildman–Crippen MR) is 109 cm³/mol. The van der Waals surface area contributed by atoms with Crippen LogP contribution in [0.3, 0.4) is 0 Å². The second kappa shape index (κ2) is 8.81. The normalized spacial score (nSPS) is 11.6. The predicted octanol–water partition coefficient (Wildman–Crippen LogP) is 4.01. The molecule has 0 aliphatic carbocycles. The van der Waals surface area contributed by atoms with Gasteiger partial charge < -0.3 is 5.32 Å². The van der Waals surface area contributed by atoms with E-state index in [0.29, 0.717) is 28.3 Å². The van der Waals surface area contributed by atoms with Crippen molar-refractivity contribution in [1.29, 1.82) is 0 Å². The van der Waals surface area contributed by atoms with E-state index in [2.05, 4.69) is 15.5 Å². The standard InChI is InChI=1S/C20H21F3N6O3/c1-12-19(25-18(30)7-8-27-13(2)17(10-24-27)29(31)32)14(3)28(26-12)11-15-5-4-6-16(9-15)20(21,22)23/h4-6,9-10H,7-8,11H2,1-3H3,(H,25,30). The Morgan fingerprint density at radius 3 is 2.53 bits per heavy atom. The number of carbonyl (C=O) groups excluding carboxylic acids is 1. The van der Waals surface area contributed by atoms with Crippen LogP contribution in [0, 0.1) is 30.9 Å². The molecule has 3 rings (SSSR count). The van der Waals surface area contributed by atoms with Gasteiger partial charge >= 0.3 is 11.9 Å². The summed E-state index contributed by atoms with van der Waals surface area (Å²) >= 11 is 0. The molecule has 3 aromatic rings. The van der Waals surface area contributed by atoms with Crippen LogP contribution < -0.4 is 5.32 Å². The minimum Gasteiger partial charge on any atom is -0.323 e. The van der Waals surface area contributed by atoms with Crippen molar-refractivity contribution in [2.24, 2.45) is 0 Å². The number of carbonyl (C=O) groups is 1. The lowest BCUT2D eigenvalue weighted by molar-refractivity contribution is -0.385. The van der Waals surface area contributed by atoms with Gasteiger partial charge in [0.25, 0.3) is 0 Å². The van der Waals surface area contributed by atoms with E-state index in [0.717, 1.165) is 18.3 Å². The molecule has 170 valence electrons. The first-order chi connectivity index (χ1) is 15.0. The summed E-state index contributed by atoms with van der Waals surface area (Å²) in [4.78, 5) is 22.8. The average molecular weight is 450 g/mol. The summed E-state index contributed by atoms with van der Waals surface area (Å²) < 4.78 is 41.8. The van der Waals surface area contributed by atoms with Gasteiger partial charge in [-0.25, -0.2) is 0 Å². The van der Waals surface area contributed by atoms with E-state index in [9.17, 15) is 28.1 Å². The smallest absolute Gasteiger partial charge is 0.323 e. The van der Waals surface area contributed by atoms with Crippen LogP contribution in [0.25, 0.3) is 0 Å². The van der Waals surface area contributed by atoms with Gasteiger partial charge in [0.2, 0.25) is 5.91 Å². The Hall–Kier alpha value is -3.70. The summed E-state index contributed by atoms with van der Waals surface area (Å²) in [6, 6.07) is 5.00. The van der Waals surface area contributed by atoms with Gasteiger partial charge in [-0.15, -0.1) is 0 Å². The van der Waals surface area contributed by atoms with E-state index >= 15 is 0 Å². The van der Waals surface area contributed by atoms with Crippen molar-refractivity contribution in [1.82, 2.24) is 19.6 Å². The molecule has 0 atom stereocenters. The zero-order valence-corrected chi connectivity index (χ0v) is 17.6. The Bertz CT molecular complexity index is 1170. The monoisotopic (exact) mass is 450 g/mol. The van der Waals surface area contributed by atoms with Gasteiger partial charge in [-0.3, -0.25) is 24.3 Å². The fourth-order valence-electron chi connectivity index (χ4n) is 3.30. The fourth-order valence-corrected chi connectivity index (χ4v) is 3.30. The van der Waals surface area contributed by atoms with E-state index in [-0.39, 0.29) is 31.1 Å². The quantitative estimate of drug-likeness (QED) is 0.432. The van der Waals surface area contributed by atoms with Crippen molar-refractivity contribution in [3.63, 3.8) is 0 Å². The summed E-state index contributed by atoms with van der Waals surface area (Å²) in [6.07, 6.45) is -3.27. The van der Waals surface area contributed by atoms with Gasteiger partial charge in [0.15, 0.2) is 0 Å². The highest BCUT2D eigenvalue weighted by Gasteiger charge is 2.30. The topological polar surface area (TPSA) is 108 Å². The molecule has 1 amide bonds. The van der Waals surface area contributed by atoms with E-state index < -0.39 is 16.7 Å². The number of benzene rings is 1. The van der Waals surface area contributed by atoms with Crippen LogP contribution in [0.4, 0.5) is 24.5 Å². The molecule has 32 heavy (non-hydrogen) atoms. The third-order valence-electron chi connectivity index (χ3n) is 5.06. The number of nitro groups is 1. The molecular formula is C20H21F3N6O3. The summed E-state index contributed by atoms with van der Waals surface area (Å²) in [7, 11) is 0. The fraction of sp³-hybridized carbons (Fsp3) is 0.350. The lowest BCUT2D eigenvalue weighted by Gasteiger charge is -2.10. The number of alkyl halides is 3. The summed E-state index contributed by atoms with van der Waals surface area (Å²) in [5.74, 6) is -0.340. The maximum Gasteiger partial charge on any atom is 0.416 e. The number of halogens is 3. The zero-order valence-electron chi connectivity index (χ0n) is 17.6. The molecule has 2 aromatic heterocycles. The minimum atomic E-state index is -4.43. The van der Waals surface area contributed by atoms with Crippen LogP contribution in [0.1, 0.15) is 34.6 Å². The molecular weight excluding hydrogens is 429 g/mol. The molecule has 0 saturated heterocycles. The molecule has 0 aliphatic heterocycles. The van der Waals surface area contributed by atoms with Crippen LogP contribution in [0.5, 0.6) is 0 Å². The first-order valence-electron chi connectivity index (χ1n) is 9.64. The van der Waals surface area contributed by atoms with E-state index in [1.54, 1.807) is 26.8 Å². The molecule has 0 saturated carbocycles. The van der Waals surface area contributed by atoms with Gasteiger partial charge in [0.05, 0.1) is 40.7 Å². The van der Waals surface area contributed by atoms with Gasteiger partial charge in [0, 0.05) is 6.42 Å². The maximum atomic E-state index is 12.9. The Labute approximate surface area is 181 Å². The largest absolute Gasteiger partial charge is 0.416 e. The molecule has 0 spiro atoms. The third-order valence-corrected chi connectivity index (χ3v) is 5.06. The molecule has 1 aromatic carbocycles. The molecule has 0 radical (unpaired) electrons. The Kier molecular flexibility index (Phi) is 6.32.